The van der Waals surface area contributed by atoms with Gasteiger partial charge in [0.05, 0.1) is 19.8 Å². The zero-order chi connectivity index (χ0) is 12.8. The van der Waals surface area contributed by atoms with Gasteiger partial charge in [-0.25, -0.2) is 0 Å². The average Bonchev–Trinajstić information content (AvgIpc) is 2.42. The Bertz CT molecular complexity index is 267. The van der Waals surface area contributed by atoms with Crippen LogP contribution in [-0.4, -0.2) is 62.9 Å². The van der Waals surface area contributed by atoms with Gasteiger partial charge in [0.15, 0.2) is 0 Å². The van der Waals surface area contributed by atoms with Crippen molar-refractivity contribution >= 4 is 5.91 Å². The van der Waals surface area contributed by atoms with E-state index in [9.17, 15) is 4.79 Å². The van der Waals surface area contributed by atoms with Crippen molar-refractivity contribution in [2.75, 3.05) is 46.1 Å². The fourth-order valence-corrected chi connectivity index (χ4v) is 2.52. The SMILES string of the molecule is CC1COCCC1NCCC(=O)N1CCOCC1. The van der Waals surface area contributed by atoms with E-state index in [0.29, 0.717) is 31.6 Å². The molecule has 2 unspecified atom stereocenters. The lowest BCUT2D eigenvalue weighted by Crippen LogP contribution is -2.44. The van der Waals surface area contributed by atoms with Crippen molar-refractivity contribution in [2.24, 2.45) is 5.92 Å². The van der Waals surface area contributed by atoms with E-state index < -0.39 is 0 Å². The highest BCUT2D eigenvalue weighted by Crippen LogP contribution is 2.13. The highest BCUT2D eigenvalue weighted by Gasteiger charge is 2.22. The van der Waals surface area contributed by atoms with Crippen molar-refractivity contribution in [2.45, 2.75) is 25.8 Å². The predicted molar refractivity (Wildman–Crippen MR) is 68.4 cm³/mol. The van der Waals surface area contributed by atoms with Gasteiger partial charge in [0.25, 0.3) is 0 Å². The number of nitrogens with one attached hydrogen (secondary N) is 1. The summed E-state index contributed by atoms with van der Waals surface area (Å²) in [6, 6.07) is 0.497. The highest BCUT2D eigenvalue weighted by molar-refractivity contribution is 5.76. The molecule has 0 aromatic heterocycles. The van der Waals surface area contributed by atoms with Gasteiger partial charge in [0, 0.05) is 38.7 Å². The van der Waals surface area contributed by atoms with Crippen molar-refractivity contribution in [3.8, 4) is 0 Å². The molecule has 2 heterocycles. The minimum atomic E-state index is 0.241. The van der Waals surface area contributed by atoms with Gasteiger partial charge in [-0.3, -0.25) is 4.79 Å². The molecule has 1 amide bonds. The lowest BCUT2D eigenvalue weighted by molar-refractivity contribution is -0.135. The second-order valence-corrected chi connectivity index (χ2v) is 5.14. The van der Waals surface area contributed by atoms with Gasteiger partial charge in [-0.05, 0) is 12.3 Å². The quantitative estimate of drug-likeness (QED) is 0.783. The molecule has 2 aliphatic rings. The van der Waals surface area contributed by atoms with Crippen molar-refractivity contribution in [3.63, 3.8) is 0 Å². The Hall–Kier alpha value is -0.650. The molecule has 18 heavy (non-hydrogen) atoms. The molecule has 2 rings (SSSR count). The summed E-state index contributed by atoms with van der Waals surface area (Å²) in [4.78, 5) is 13.8. The molecule has 1 N–H and O–H groups in total. The van der Waals surface area contributed by atoms with Gasteiger partial charge in [0.1, 0.15) is 0 Å². The summed E-state index contributed by atoms with van der Waals surface area (Å²) in [7, 11) is 0. The molecule has 0 aromatic carbocycles. The molecular weight excluding hydrogens is 232 g/mol. The Morgan fingerprint density at radius 1 is 1.28 bits per heavy atom. The van der Waals surface area contributed by atoms with Crippen LogP contribution in [0.25, 0.3) is 0 Å². The van der Waals surface area contributed by atoms with Crippen LogP contribution in [0.4, 0.5) is 0 Å². The van der Waals surface area contributed by atoms with E-state index in [-0.39, 0.29) is 5.91 Å². The number of morpholine rings is 1. The third kappa shape index (κ3) is 3.93. The Morgan fingerprint density at radius 3 is 2.78 bits per heavy atom. The molecule has 0 bridgehead atoms. The summed E-state index contributed by atoms with van der Waals surface area (Å²) in [5.41, 5.74) is 0. The van der Waals surface area contributed by atoms with Crippen LogP contribution < -0.4 is 5.32 Å². The average molecular weight is 256 g/mol. The summed E-state index contributed by atoms with van der Waals surface area (Å²) >= 11 is 0. The molecule has 0 spiro atoms. The number of amides is 1. The molecule has 2 aliphatic heterocycles. The highest BCUT2D eigenvalue weighted by atomic mass is 16.5. The van der Waals surface area contributed by atoms with E-state index in [0.717, 1.165) is 39.3 Å². The fourth-order valence-electron chi connectivity index (χ4n) is 2.52. The van der Waals surface area contributed by atoms with E-state index in [1.165, 1.54) is 0 Å². The first kappa shape index (κ1) is 13.8. The van der Waals surface area contributed by atoms with E-state index in [1.807, 2.05) is 4.90 Å². The van der Waals surface area contributed by atoms with Gasteiger partial charge in [-0.1, -0.05) is 6.92 Å². The smallest absolute Gasteiger partial charge is 0.224 e. The number of rotatable bonds is 4. The fraction of sp³-hybridized carbons (Fsp3) is 0.923. The number of hydrogen-bond donors (Lipinski definition) is 1. The van der Waals surface area contributed by atoms with Crippen LogP contribution in [0, 0.1) is 5.92 Å². The van der Waals surface area contributed by atoms with Crippen molar-refractivity contribution in [1.82, 2.24) is 10.2 Å². The van der Waals surface area contributed by atoms with Crippen molar-refractivity contribution in [3.05, 3.63) is 0 Å². The largest absolute Gasteiger partial charge is 0.381 e. The van der Waals surface area contributed by atoms with Gasteiger partial charge >= 0.3 is 0 Å². The van der Waals surface area contributed by atoms with Gasteiger partial charge in [-0.15, -0.1) is 0 Å². The molecule has 2 atom stereocenters. The maximum absolute atomic E-state index is 11.9. The number of hydrogen-bond acceptors (Lipinski definition) is 4. The molecule has 2 saturated heterocycles. The summed E-state index contributed by atoms with van der Waals surface area (Å²) in [5, 5.41) is 3.48. The maximum atomic E-state index is 11.9. The Balaban J connectivity index is 1.63. The van der Waals surface area contributed by atoms with Gasteiger partial charge in [-0.2, -0.15) is 0 Å². The first-order valence-electron chi connectivity index (χ1n) is 6.94. The van der Waals surface area contributed by atoms with E-state index in [4.69, 9.17) is 9.47 Å². The Morgan fingerprint density at radius 2 is 2.06 bits per heavy atom. The number of carbonyl (C=O) groups excluding carboxylic acids is 1. The van der Waals surface area contributed by atoms with E-state index in [1.54, 1.807) is 0 Å². The minimum Gasteiger partial charge on any atom is -0.381 e. The van der Waals surface area contributed by atoms with Crippen LogP contribution in [0.3, 0.4) is 0 Å². The first-order valence-corrected chi connectivity index (χ1v) is 6.94. The molecule has 5 heteroatoms. The Labute approximate surface area is 109 Å². The second kappa shape index (κ2) is 7.07. The standard InChI is InChI=1S/C13H24N2O3/c1-11-10-18-7-3-12(11)14-4-2-13(16)15-5-8-17-9-6-15/h11-12,14H,2-10H2,1H3. The summed E-state index contributed by atoms with van der Waals surface area (Å²) in [5.74, 6) is 0.780. The second-order valence-electron chi connectivity index (χ2n) is 5.14. The third-order valence-corrected chi connectivity index (χ3v) is 3.75. The minimum absolute atomic E-state index is 0.241. The van der Waals surface area contributed by atoms with Crippen molar-refractivity contribution < 1.29 is 14.3 Å². The van der Waals surface area contributed by atoms with E-state index >= 15 is 0 Å². The Kier molecular flexibility index (Phi) is 5.41. The van der Waals surface area contributed by atoms with E-state index in [2.05, 4.69) is 12.2 Å². The van der Waals surface area contributed by atoms with Crippen LogP contribution >= 0.6 is 0 Å². The van der Waals surface area contributed by atoms with Crippen LogP contribution in [0.5, 0.6) is 0 Å². The predicted octanol–water partition coefficient (Wildman–Crippen LogP) is 0.250. The van der Waals surface area contributed by atoms with Gasteiger partial charge in [0.2, 0.25) is 5.91 Å². The first-order chi connectivity index (χ1) is 8.77. The number of ether oxygens (including phenoxy) is 2. The normalized spacial score (nSPS) is 29.3. The van der Waals surface area contributed by atoms with Crippen LogP contribution in [0.2, 0.25) is 0 Å². The summed E-state index contributed by atoms with van der Waals surface area (Å²) in [6.07, 6.45) is 1.64. The summed E-state index contributed by atoms with van der Waals surface area (Å²) < 4.78 is 10.6. The topological polar surface area (TPSA) is 50.8 Å². The molecule has 0 aromatic rings. The molecule has 2 fully saturated rings. The molecule has 0 radical (unpaired) electrons. The summed E-state index contributed by atoms with van der Waals surface area (Å²) in [6.45, 7) is 7.46. The van der Waals surface area contributed by atoms with Crippen LogP contribution in [-0.2, 0) is 14.3 Å². The zero-order valence-corrected chi connectivity index (χ0v) is 11.2. The number of carbonyl (C=O) groups is 1. The molecule has 104 valence electrons. The van der Waals surface area contributed by atoms with Crippen LogP contribution in [0.15, 0.2) is 0 Å². The maximum Gasteiger partial charge on any atom is 0.224 e. The lowest BCUT2D eigenvalue weighted by atomic mass is 9.98. The van der Waals surface area contributed by atoms with Crippen LogP contribution in [0.1, 0.15) is 19.8 Å². The zero-order valence-electron chi connectivity index (χ0n) is 11.2. The molecule has 0 aliphatic carbocycles. The molecular formula is C13H24N2O3. The molecule has 0 saturated carbocycles. The lowest BCUT2D eigenvalue weighted by Gasteiger charge is -2.30. The van der Waals surface area contributed by atoms with Gasteiger partial charge < -0.3 is 19.7 Å². The monoisotopic (exact) mass is 256 g/mol. The third-order valence-electron chi connectivity index (χ3n) is 3.75. The number of nitrogens with zero attached hydrogens (tertiary/aromatic N) is 1. The van der Waals surface area contributed by atoms with Crippen molar-refractivity contribution in [1.29, 1.82) is 0 Å². The molecule has 5 nitrogen and oxygen atoms in total.